The van der Waals surface area contributed by atoms with Gasteiger partial charge in [0.15, 0.2) is 0 Å². The van der Waals surface area contributed by atoms with Crippen LogP contribution in [0.2, 0.25) is 0 Å². The SMILES string of the molecule is Cc1nc(C(C)(C)C)[nH]c(=O)c1C(=O)N1CC2CCCC2C1. The molecule has 1 amide bonds. The molecule has 1 N–H and O–H groups in total. The largest absolute Gasteiger partial charge is 0.338 e. The Balaban J connectivity index is 1.89. The number of amides is 1. The zero-order valence-corrected chi connectivity index (χ0v) is 13.9. The van der Waals surface area contributed by atoms with Gasteiger partial charge in [0.25, 0.3) is 11.5 Å². The predicted molar refractivity (Wildman–Crippen MR) is 85.0 cm³/mol. The van der Waals surface area contributed by atoms with Gasteiger partial charge in [0.05, 0.1) is 5.69 Å². The molecule has 0 spiro atoms. The van der Waals surface area contributed by atoms with Gasteiger partial charge in [-0.3, -0.25) is 9.59 Å². The number of carbonyl (C=O) groups excluding carboxylic acids is 1. The molecule has 0 bridgehead atoms. The minimum Gasteiger partial charge on any atom is -0.338 e. The van der Waals surface area contributed by atoms with Crippen LogP contribution in [0.1, 0.15) is 61.9 Å². The van der Waals surface area contributed by atoms with Crippen LogP contribution >= 0.6 is 0 Å². The van der Waals surface area contributed by atoms with Crippen molar-refractivity contribution < 1.29 is 4.79 Å². The van der Waals surface area contributed by atoms with Crippen LogP contribution in [0.4, 0.5) is 0 Å². The summed E-state index contributed by atoms with van der Waals surface area (Å²) in [4.78, 5) is 34.3. The van der Waals surface area contributed by atoms with Crippen molar-refractivity contribution >= 4 is 5.91 Å². The van der Waals surface area contributed by atoms with Crippen LogP contribution in [0, 0.1) is 18.8 Å². The molecular formula is C17H25N3O2. The van der Waals surface area contributed by atoms with E-state index in [0.29, 0.717) is 23.4 Å². The zero-order chi connectivity index (χ0) is 16.1. The van der Waals surface area contributed by atoms with E-state index in [1.807, 2.05) is 25.7 Å². The normalized spacial score (nSPS) is 24.6. The summed E-state index contributed by atoms with van der Waals surface area (Å²) in [6.45, 7) is 9.33. The Morgan fingerprint density at radius 1 is 1.23 bits per heavy atom. The van der Waals surface area contributed by atoms with E-state index in [0.717, 1.165) is 13.1 Å². The molecular weight excluding hydrogens is 278 g/mol. The lowest BCUT2D eigenvalue weighted by Gasteiger charge is -2.21. The monoisotopic (exact) mass is 303 g/mol. The van der Waals surface area contributed by atoms with Crippen LogP contribution in [-0.2, 0) is 5.41 Å². The Morgan fingerprint density at radius 3 is 2.32 bits per heavy atom. The highest BCUT2D eigenvalue weighted by Gasteiger charge is 2.39. The minimum absolute atomic E-state index is 0.152. The summed E-state index contributed by atoms with van der Waals surface area (Å²) >= 11 is 0. The zero-order valence-electron chi connectivity index (χ0n) is 13.9. The van der Waals surface area contributed by atoms with Gasteiger partial charge in [0.1, 0.15) is 11.4 Å². The van der Waals surface area contributed by atoms with Crippen molar-refractivity contribution in [1.82, 2.24) is 14.9 Å². The lowest BCUT2D eigenvalue weighted by Crippen LogP contribution is -2.36. The molecule has 2 aliphatic rings. The number of hydrogen-bond donors (Lipinski definition) is 1. The van der Waals surface area contributed by atoms with E-state index in [1.54, 1.807) is 6.92 Å². The maximum atomic E-state index is 12.7. The quantitative estimate of drug-likeness (QED) is 0.865. The van der Waals surface area contributed by atoms with Crippen molar-refractivity contribution in [3.8, 4) is 0 Å². The van der Waals surface area contributed by atoms with E-state index in [1.165, 1.54) is 19.3 Å². The molecule has 120 valence electrons. The molecule has 0 radical (unpaired) electrons. The number of hydrogen-bond acceptors (Lipinski definition) is 3. The smallest absolute Gasteiger partial charge is 0.264 e. The number of H-pyrrole nitrogens is 1. The van der Waals surface area contributed by atoms with Gasteiger partial charge in [-0.05, 0) is 31.6 Å². The van der Waals surface area contributed by atoms with Crippen LogP contribution in [0.5, 0.6) is 0 Å². The van der Waals surface area contributed by atoms with E-state index in [2.05, 4.69) is 9.97 Å². The predicted octanol–water partition coefficient (Wildman–Crippen LogP) is 2.25. The number of nitrogens with zero attached hydrogens (tertiary/aromatic N) is 2. The van der Waals surface area contributed by atoms with Crippen LogP contribution in [0.25, 0.3) is 0 Å². The molecule has 1 aliphatic heterocycles. The van der Waals surface area contributed by atoms with Gasteiger partial charge in [-0.2, -0.15) is 0 Å². The Kier molecular flexibility index (Phi) is 3.62. The third-order valence-corrected chi connectivity index (χ3v) is 5.04. The summed E-state index contributed by atoms with van der Waals surface area (Å²) in [7, 11) is 0. The van der Waals surface area contributed by atoms with E-state index < -0.39 is 0 Å². The van der Waals surface area contributed by atoms with Crippen molar-refractivity contribution in [2.24, 2.45) is 11.8 Å². The van der Waals surface area contributed by atoms with Crippen LogP contribution in [0.3, 0.4) is 0 Å². The maximum Gasteiger partial charge on any atom is 0.264 e. The van der Waals surface area contributed by atoms with Crippen LogP contribution in [-0.4, -0.2) is 33.9 Å². The first-order chi connectivity index (χ1) is 10.3. The number of aromatic amines is 1. The van der Waals surface area contributed by atoms with E-state index in [4.69, 9.17) is 0 Å². The molecule has 5 nitrogen and oxygen atoms in total. The summed E-state index contributed by atoms with van der Waals surface area (Å²) in [5.41, 5.74) is 0.207. The Morgan fingerprint density at radius 2 is 1.82 bits per heavy atom. The van der Waals surface area contributed by atoms with Gasteiger partial charge in [-0.1, -0.05) is 27.2 Å². The Hall–Kier alpha value is -1.65. The number of likely N-dealkylation sites (tertiary alicyclic amines) is 1. The number of fused-ring (bicyclic) bond motifs is 1. The van der Waals surface area contributed by atoms with Crippen molar-refractivity contribution in [1.29, 1.82) is 0 Å². The van der Waals surface area contributed by atoms with Gasteiger partial charge < -0.3 is 9.88 Å². The van der Waals surface area contributed by atoms with E-state index >= 15 is 0 Å². The molecule has 2 heterocycles. The number of aryl methyl sites for hydroxylation is 1. The molecule has 22 heavy (non-hydrogen) atoms. The number of carbonyl (C=O) groups is 1. The first-order valence-corrected chi connectivity index (χ1v) is 8.18. The number of aromatic nitrogens is 2. The lowest BCUT2D eigenvalue weighted by atomic mass is 9.95. The molecule has 1 saturated carbocycles. The molecule has 1 aromatic rings. The first-order valence-electron chi connectivity index (χ1n) is 8.18. The summed E-state index contributed by atoms with van der Waals surface area (Å²) in [6, 6.07) is 0. The van der Waals surface area contributed by atoms with Crippen molar-refractivity contribution in [2.75, 3.05) is 13.1 Å². The number of nitrogens with one attached hydrogen (secondary N) is 1. The Labute approximate surface area is 131 Å². The van der Waals surface area contributed by atoms with Crippen LogP contribution < -0.4 is 5.56 Å². The second-order valence-corrected chi connectivity index (χ2v) is 7.79. The number of rotatable bonds is 1. The highest BCUT2D eigenvalue weighted by atomic mass is 16.2. The van der Waals surface area contributed by atoms with E-state index in [-0.39, 0.29) is 22.4 Å². The Bertz CT molecular complexity index is 645. The topological polar surface area (TPSA) is 66.1 Å². The molecule has 5 heteroatoms. The minimum atomic E-state index is -0.306. The highest BCUT2D eigenvalue weighted by molar-refractivity contribution is 5.95. The summed E-state index contributed by atoms with van der Waals surface area (Å²) < 4.78 is 0. The second-order valence-electron chi connectivity index (χ2n) is 7.79. The average molecular weight is 303 g/mol. The van der Waals surface area contributed by atoms with Gasteiger partial charge in [-0.15, -0.1) is 0 Å². The maximum absolute atomic E-state index is 12.7. The van der Waals surface area contributed by atoms with Crippen molar-refractivity contribution in [3.05, 3.63) is 27.4 Å². The fraction of sp³-hybridized carbons (Fsp3) is 0.706. The summed E-state index contributed by atoms with van der Waals surface area (Å²) in [5, 5.41) is 0. The molecule has 1 saturated heterocycles. The molecule has 2 atom stereocenters. The van der Waals surface area contributed by atoms with Gasteiger partial charge in [0, 0.05) is 18.5 Å². The van der Waals surface area contributed by atoms with Gasteiger partial charge in [-0.25, -0.2) is 4.98 Å². The molecule has 0 aromatic carbocycles. The van der Waals surface area contributed by atoms with Gasteiger partial charge in [0.2, 0.25) is 0 Å². The van der Waals surface area contributed by atoms with E-state index in [9.17, 15) is 9.59 Å². The van der Waals surface area contributed by atoms with Crippen LogP contribution in [0.15, 0.2) is 4.79 Å². The van der Waals surface area contributed by atoms with Crippen molar-refractivity contribution in [2.45, 2.75) is 52.4 Å². The first kappa shape index (κ1) is 15.3. The fourth-order valence-corrected chi connectivity index (χ4v) is 3.75. The third kappa shape index (κ3) is 2.57. The van der Waals surface area contributed by atoms with Crippen molar-refractivity contribution in [3.63, 3.8) is 0 Å². The highest BCUT2D eigenvalue weighted by Crippen LogP contribution is 2.38. The fourth-order valence-electron chi connectivity index (χ4n) is 3.75. The molecule has 2 unspecified atom stereocenters. The standard InChI is InChI=1S/C17H25N3O2/c1-10-13(14(21)19-16(18-10)17(2,3)4)15(22)20-8-11-6-5-7-12(11)9-20/h11-12H,5-9H2,1-4H3,(H,18,19,21). The lowest BCUT2D eigenvalue weighted by molar-refractivity contribution is 0.0777. The second kappa shape index (κ2) is 5.21. The molecule has 3 rings (SSSR count). The van der Waals surface area contributed by atoms with Gasteiger partial charge >= 0.3 is 0 Å². The summed E-state index contributed by atoms with van der Waals surface area (Å²) in [6.07, 6.45) is 3.70. The summed E-state index contributed by atoms with van der Waals surface area (Å²) in [5.74, 6) is 1.74. The molecule has 1 aliphatic carbocycles. The third-order valence-electron chi connectivity index (χ3n) is 5.04. The molecule has 2 fully saturated rings. The average Bonchev–Trinajstić information content (AvgIpc) is 2.96. The molecule has 1 aromatic heterocycles.